The van der Waals surface area contributed by atoms with E-state index in [1.54, 1.807) is 0 Å². The fraction of sp³-hybridized carbons (Fsp3) is 0.333. The lowest BCUT2D eigenvalue weighted by atomic mass is 10.1. The molecule has 1 unspecified atom stereocenters. The van der Waals surface area contributed by atoms with Gasteiger partial charge in [-0.3, -0.25) is 0 Å². The summed E-state index contributed by atoms with van der Waals surface area (Å²) in [6.07, 6.45) is -1.25. The van der Waals surface area contributed by atoms with Crippen LogP contribution >= 0.6 is 11.6 Å². The van der Waals surface area contributed by atoms with Gasteiger partial charge in [-0.05, 0) is 6.92 Å². The second-order valence-electron chi connectivity index (χ2n) is 2.78. The summed E-state index contributed by atoms with van der Waals surface area (Å²) in [5.41, 5.74) is -0.448. The number of methoxy groups -OCH3 is 1. The fourth-order valence-corrected chi connectivity index (χ4v) is 1.35. The molecule has 0 amide bonds. The van der Waals surface area contributed by atoms with Crippen molar-refractivity contribution in [2.24, 2.45) is 0 Å². The molecule has 0 aliphatic heterocycles. The van der Waals surface area contributed by atoms with E-state index in [4.69, 9.17) is 16.7 Å². The lowest BCUT2D eigenvalue weighted by Gasteiger charge is -2.11. The smallest absolute Gasteiger partial charge is 0.154 e. The highest BCUT2D eigenvalue weighted by molar-refractivity contribution is 6.32. The number of aliphatic hydroxyl groups excluding tert-OH is 1. The Morgan fingerprint density at radius 1 is 1.50 bits per heavy atom. The minimum atomic E-state index is -1.25. The Balaban J connectivity index is 3.41. The first kappa shape index (κ1) is 11.2. The Morgan fingerprint density at radius 2 is 2.07 bits per heavy atom. The van der Waals surface area contributed by atoms with Crippen molar-refractivity contribution in [3.05, 3.63) is 28.3 Å². The van der Waals surface area contributed by atoms with Gasteiger partial charge in [-0.2, -0.15) is 0 Å². The lowest BCUT2D eigenvalue weighted by Crippen LogP contribution is -2.02. The molecule has 1 atom stereocenters. The highest BCUT2D eigenvalue weighted by Gasteiger charge is 2.20. The van der Waals surface area contributed by atoms with Gasteiger partial charge in [-0.15, -0.1) is 0 Å². The molecule has 14 heavy (non-hydrogen) atoms. The number of aliphatic hydroxyl groups is 1. The van der Waals surface area contributed by atoms with Gasteiger partial charge in [0.2, 0.25) is 0 Å². The Labute approximate surface area is 85.1 Å². The van der Waals surface area contributed by atoms with Crippen LogP contribution in [-0.4, -0.2) is 12.2 Å². The monoisotopic (exact) mass is 222 g/mol. The quantitative estimate of drug-likeness (QED) is 0.780. The van der Waals surface area contributed by atoms with Crippen LogP contribution in [0.3, 0.4) is 0 Å². The van der Waals surface area contributed by atoms with E-state index < -0.39 is 23.3 Å². The maximum atomic E-state index is 13.3. The predicted molar refractivity (Wildman–Crippen MR) is 48.6 cm³/mol. The Bertz CT molecular complexity index is 353. The highest BCUT2D eigenvalue weighted by Crippen LogP contribution is 2.33. The van der Waals surface area contributed by atoms with Crippen LogP contribution in [0.5, 0.6) is 5.75 Å². The van der Waals surface area contributed by atoms with E-state index in [1.807, 2.05) is 0 Å². The number of benzene rings is 1. The van der Waals surface area contributed by atoms with Gasteiger partial charge in [0.25, 0.3) is 0 Å². The molecule has 0 bridgehead atoms. The minimum absolute atomic E-state index is 0.0916. The number of hydrogen-bond acceptors (Lipinski definition) is 2. The minimum Gasteiger partial charge on any atom is -0.495 e. The summed E-state index contributed by atoms with van der Waals surface area (Å²) in [5, 5.41) is 8.77. The van der Waals surface area contributed by atoms with Crippen LogP contribution < -0.4 is 4.74 Å². The van der Waals surface area contributed by atoms with E-state index in [0.29, 0.717) is 0 Å². The molecule has 0 spiro atoms. The summed E-state index contributed by atoms with van der Waals surface area (Å²) >= 11 is 5.54. The molecular weight excluding hydrogens is 214 g/mol. The molecule has 0 aromatic heterocycles. The van der Waals surface area contributed by atoms with Crippen LogP contribution in [0.25, 0.3) is 0 Å². The number of rotatable bonds is 2. The summed E-state index contributed by atoms with van der Waals surface area (Å²) in [6, 6.07) is 0.938. The molecule has 1 aromatic carbocycles. The van der Waals surface area contributed by atoms with Crippen molar-refractivity contribution in [3.63, 3.8) is 0 Å². The molecule has 1 aromatic rings. The molecule has 0 heterocycles. The van der Waals surface area contributed by atoms with Crippen LogP contribution in [-0.2, 0) is 0 Å². The molecular formula is C9H9ClF2O2. The lowest BCUT2D eigenvalue weighted by molar-refractivity contribution is 0.188. The maximum absolute atomic E-state index is 13.3. The zero-order valence-corrected chi connectivity index (χ0v) is 8.40. The van der Waals surface area contributed by atoms with Crippen molar-refractivity contribution < 1.29 is 18.6 Å². The number of halogens is 3. The Morgan fingerprint density at radius 3 is 2.50 bits per heavy atom. The van der Waals surface area contributed by atoms with Crippen LogP contribution in [0, 0.1) is 11.6 Å². The Kier molecular flexibility index (Phi) is 3.29. The summed E-state index contributed by atoms with van der Waals surface area (Å²) < 4.78 is 31.2. The fourth-order valence-electron chi connectivity index (χ4n) is 1.12. The standard InChI is InChI=1S/C9H9ClF2O2/c1-4(13)7-5(11)3-6(14-2)8(10)9(7)12/h3-4,13H,1-2H3. The zero-order chi connectivity index (χ0) is 10.9. The normalized spacial score (nSPS) is 12.7. The number of hydrogen-bond donors (Lipinski definition) is 1. The topological polar surface area (TPSA) is 29.5 Å². The first-order valence-electron chi connectivity index (χ1n) is 3.88. The third-order valence-corrected chi connectivity index (χ3v) is 2.15. The van der Waals surface area contributed by atoms with Gasteiger partial charge in [-0.25, -0.2) is 8.78 Å². The molecule has 2 nitrogen and oxygen atoms in total. The van der Waals surface area contributed by atoms with Crippen molar-refractivity contribution in [2.75, 3.05) is 7.11 Å². The van der Waals surface area contributed by atoms with Crippen molar-refractivity contribution in [3.8, 4) is 5.75 Å². The first-order valence-corrected chi connectivity index (χ1v) is 4.26. The van der Waals surface area contributed by atoms with Gasteiger partial charge in [-0.1, -0.05) is 11.6 Å². The molecule has 0 aliphatic carbocycles. The van der Waals surface area contributed by atoms with Crippen molar-refractivity contribution >= 4 is 11.6 Å². The first-order chi connectivity index (χ1) is 6.49. The zero-order valence-electron chi connectivity index (χ0n) is 7.64. The van der Waals surface area contributed by atoms with Crippen molar-refractivity contribution in [2.45, 2.75) is 13.0 Å². The molecule has 0 fully saturated rings. The van der Waals surface area contributed by atoms with E-state index in [2.05, 4.69) is 4.74 Å². The largest absolute Gasteiger partial charge is 0.495 e. The molecule has 1 rings (SSSR count). The van der Waals surface area contributed by atoms with Crippen LogP contribution in [0.15, 0.2) is 6.07 Å². The molecule has 1 N–H and O–H groups in total. The summed E-state index contributed by atoms with van der Waals surface area (Å²) in [7, 11) is 1.25. The SMILES string of the molecule is COc1cc(F)c(C(C)O)c(F)c1Cl. The van der Waals surface area contributed by atoms with Gasteiger partial charge < -0.3 is 9.84 Å². The predicted octanol–water partition coefficient (Wildman–Crippen LogP) is 2.68. The van der Waals surface area contributed by atoms with Gasteiger partial charge in [0.05, 0.1) is 18.8 Å². The second-order valence-corrected chi connectivity index (χ2v) is 3.16. The van der Waals surface area contributed by atoms with Gasteiger partial charge in [0.15, 0.2) is 5.82 Å². The molecule has 0 radical (unpaired) electrons. The third-order valence-electron chi connectivity index (χ3n) is 1.80. The van der Waals surface area contributed by atoms with Gasteiger partial charge in [0.1, 0.15) is 16.6 Å². The van der Waals surface area contributed by atoms with E-state index in [0.717, 1.165) is 6.07 Å². The Hall–Kier alpha value is -0.870. The van der Waals surface area contributed by atoms with Gasteiger partial charge in [0, 0.05) is 6.07 Å². The van der Waals surface area contributed by atoms with Crippen LogP contribution in [0.4, 0.5) is 8.78 Å². The molecule has 0 saturated carbocycles. The summed E-state index contributed by atoms with van der Waals surface area (Å²) in [6.45, 7) is 1.25. The molecule has 0 aliphatic rings. The number of ether oxygens (including phenoxy) is 1. The van der Waals surface area contributed by atoms with E-state index in [-0.39, 0.29) is 10.8 Å². The highest BCUT2D eigenvalue weighted by atomic mass is 35.5. The van der Waals surface area contributed by atoms with Crippen molar-refractivity contribution in [1.82, 2.24) is 0 Å². The van der Waals surface area contributed by atoms with Gasteiger partial charge >= 0.3 is 0 Å². The molecule has 0 saturated heterocycles. The van der Waals surface area contributed by atoms with E-state index in [9.17, 15) is 8.78 Å². The maximum Gasteiger partial charge on any atom is 0.154 e. The van der Waals surface area contributed by atoms with Crippen LogP contribution in [0.2, 0.25) is 5.02 Å². The van der Waals surface area contributed by atoms with Crippen molar-refractivity contribution in [1.29, 1.82) is 0 Å². The average molecular weight is 223 g/mol. The third kappa shape index (κ3) is 1.81. The van der Waals surface area contributed by atoms with Crippen LogP contribution in [0.1, 0.15) is 18.6 Å². The van der Waals surface area contributed by atoms with E-state index in [1.165, 1.54) is 14.0 Å². The van der Waals surface area contributed by atoms with E-state index >= 15 is 0 Å². The molecule has 5 heteroatoms. The molecule has 78 valence electrons. The average Bonchev–Trinajstić information content (AvgIpc) is 2.10. The summed E-state index contributed by atoms with van der Waals surface area (Å²) in [5.74, 6) is -1.96. The summed E-state index contributed by atoms with van der Waals surface area (Å²) in [4.78, 5) is 0. The second kappa shape index (κ2) is 4.11.